The Morgan fingerprint density at radius 3 is 2.77 bits per heavy atom. The smallest absolute Gasteiger partial charge is 0.366 e. The highest BCUT2D eigenvalue weighted by Crippen LogP contribution is 2.21. The maximum atomic E-state index is 12.0. The molecule has 0 unspecified atom stereocenters. The van der Waals surface area contributed by atoms with E-state index in [0.29, 0.717) is 11.1 Å². The van der Waals surface area contributed by atoms with E-state index in [0.717, 1.165) is 43.5 Å². The van der Waals surface area contributed by atoms with Crippen molar-refractivity contribution in [3.05, 3.63) is 34.7 Å². The lowest BCUT2D eigenvalue weighted by atomic mass is 10.2. The highest BCUT2D eigenvalue weighted by molar-refractivity contribution is 6.00. The predicted octanol–water partition coefficient (Wildman–Crippen LogP) is 2.27. The maximum absolute atomic E-state index is 12.0. The van der Waals surface area contributed by atoms with Gasteiger partial charge in [-0.3, -0.25) is 0 Å². The van der Waals surface area contributed by atoms with Crippen LogP contribution in [0.5, 0.6) is 0 Å². The summed E-state index contributed by atoms with van der Waals surface area (Å²) < 4.78 is 7.10. The molecule has 0 N–H and O–H groups in total. The number of aryl methyl sites for hydroxylation is 1. The van der Waals surface area contributed by atoms with Crippen molar-refractivity contribution in [2.75, 3.05) is 19.6 Å². The lowest BCUT2D eigenvalue weighted by Gasteiger charge is -2.17. The summed E-state index contributed by atoms with van der Waals surface area (Å²) in [6.07, 6.45) is 0.967. The van der Waals surface area contributed by atoms with Gasteiger partial charge in [-0.2, -0.15) is 0 Å². The van der Waals surface area contributed by atoms with Crippen molar-refractivity contribution in [1.29, 1.82) is 0 Å². The number of rotatable bonds is 6. The van der Waals surface area contributed by atoms with Gasteiger partial charge in [0, 0.05) is 11.9 Å². The van der Waals surface area contributed by atoms with E-state index in [1.807, 2.05) is 22.9 Å². The van der Waals surface area contributed by atoms with E-state index in [-0.39, 0.29) is 0 Å². The molecular weight excluding hydrogens is 280 g/mol. The van der Waals surface area contributed by atoms with E-state index >= 15 is 0 Å². The molecule has 0 radical (unpaired) electrons. The van der Waals surface area contributed by atoms with Crippen molar-refractivity contribution in [1.82, 2.24) is 19.9 Å². The van der Waals surface area contributed by atoms with Crippen LogP contribution in [0.3, 0.4) is 0 Å². The Morgan fingerprint density at radius 1 is 1.23 bits per heavy atom. The van der Waals surface area contributed by atoms with E-state index < -0.39 is 5.63 Å². The molecule has 6 nitrogen and oxygen atoms in total. The molecule has 1 aromatic carbocycles. The highest BCUT2D eigenvalue weighted by Gasteiger charge is 2.14. The maximum Gasteiger partial charge on any atom is 0.366 e. The number of hydrogen-bond acceptors (Lipinski definition) is 5. The summed E-state index contributed by atoms with van der Waals surface area (Å²) in [5, 5.41) is 9.02. The number of para-hydroxylation sites is 1. The van der Waals surface area contributed by atoms with Gasteiger partial charge in [-0.05, 0) is 38.2 Å². The minimum absolute atomic E-state index is 0.307. The van der Waals surface area contributed by atoms with Gasteiger partial charge >= 0.3 is 5.63 Å². The molecule has 22 heavy (non-hydrogen) atoms. The normalized spacial score (nSPS) is 11.8. The molecule has 2 aromatic heterocycles. The molecule has 3 aromatic rings. The third-order valence-electron chi connectivity index (χ3n) is 4.01. The second-order valence-electron chi connectivity index (χ2n) is 5.28. The zero-order valence-electron chi connectivity index (χ0n) is 13.0. The third-order valence-corrected chi connectivity index (χ3v) is 4.01. The van der Waals surface area contributed by atoms with Crippen molar-refractivity contribution >= 4 is 22.0 Å². The first-order chi connectivity index (χ1) is 10.7. The van der Waals surface area contributed by atoms with Crippen molar-refractivity contribution in [3.63, 3.8) is 0 Å². The van der Waals surface area contributed by atoms with Crippen molar-refractivity contribution in [3.8, 4) is 0 Å². The van der Waals surface area contributed by atoms with E-state index in [4.69, 9.17) is 4.42 Å². The predicted molar refractivity (Wildman–Crippen MR) is 86.0 cm³/mol. The molecular formula is C16H20N4O2. The van der Waals surface area contributed by atoms with Gasteiger partial charge in [-0.25, -0.2) is 9.48 Å². The Bertz CT molecular complexity index is 833. The monoisotopic (exact) mass is 300 g/mol. The van der Waals surface area contributed by atoms with Crippen LogP contribution in [0.2, 0.25) is 0 Å². The summed E-state index contributed by atoms with van der Waals surface area (Å²) in [6, 6.07) is 7.51. The van der Waals surface area contributed by atoms with Crippen LogP contribution in [0, 0.1) is 0 Å². The summed E-state index contributed by atoms with van der Waals surface area (Å²) in [7, 11) is 0. The van der Waals surface area contributed by atoms with Crippen molar-refractivity contribution in [2.45, 2.75) is 26.8 Å². The Labute approximate surface area is 128 Å². The van der Waals surface area contributed by atoms with Crippen LogP contribution in [0.25, 0.3) is 22.0 Å². The minimum atomic E-state index is -0.427. The van der Waals surface area contributed by atoms with Crippen molar-refractivity contribution < 1.29 is 4.42 Å². The van der Waals surface area contributed by atoms with Crippen LogP contribution in [-0.2, 0) is 6.54 Å². The minimum Gasteiger partial charge on any atom is -0.421 e. The lowest BCUT2D eigenvalue weighted by Crippen LogP contribution is -2.25. The van der Waals surface area contributed by atoms with Crippen LogP contribution in [-0.4, -0.2) is 39.5 Å². The standard InChI is InChI=1S/C16H20N4O2/c1-3-19(4-2)10-7-11-20-15-12-8-5-6-9-13(12)22-16(21)14(15)17-18-20/h5-6,8-9H,3-4,7,10-11H2,1-2H3. The SMILES string of the molecule is CCN(CC)CCCn1nnc2c(=O)oc3ccccc3c21. The van der Waals surface area contributed by atoms with Gasteiger partial charge in [0.15, 0.2) is 5.52 Å². The van der Waals surface area contributed by atoms with Crippen LogP contribution < -0.4 is 5.63 Å². The van der Waals surface area contributed by atoms with Gasteiger partial charge in [0.1, 0.15) is 11.1 Å². The van der Waals surface area contributed by atoms with Gasteiger partial charge in [0.25, 0.3) is 0 Å². The van der Waals surface area contributed by atoms with E-state index in [1.165, 1.54) is 0 Å². The first kappa shape index (κ1) is 14.7. The molecule has 0 amide bonds. The molecule has 0 fully saturated rings. The summed E-state index contributed by atoms with van der Waals surface area (Å²) in [6.45, 7) is 8.15. The van der Waals surface area contributed by atoms with Gasteiger partial charge in [0.05, 0.1) is 0 Å². The number of fused-ring (bicyclic) bond motifs is 3. The zero-order valence-corrected chi connectivity index (χ0v) is 13.0. The first-order valence-electron chi connectivity index (χ1n) is 7.72. The molecule has 0 aliphatic carbocycles. The molecule has 0 saturated carbocycles. The molecule has 0 bridgehead atoms. The van der Waals surface area contributed by atoms with Crippen molar-refractivity contribution in [2.24, 2.45) is 0 Å². The summed E-state index contributed by atoms with van der Waals surface area (Å²) in [5.74, 6) is 0. The highest BCUT2D eigenvalue weighted by atomic mass is 16.4. The molecule has 116 valence electrons. The Morgan fingerprint density at radius 2 is 2.00 bits per heavy atom. The zero-order chi connectivity index (χ0) is 15.5. The van der Waals surface area contributed by atoms with Gasteiger partial charge in [0.2, 0.25) is 0 Å². The molecule has 0 saturated heterocycles. The number of benzene rings is 1. The van der Waals surface area contributed by atoms with Crippen LogP contribution in [0.15, 0.2) is 33.5 Å². The fourth-order valence-corrected chi connectivity index (χ4v) is 2.76. The van der Waals surface area contributed by atoms with Crippen LogP contribution in [0.4, 0.5) is 0 Å². The van der Waals surface area contributed by atoms with Gasteiger partial charge in [-0.1, -0.05) is 31.2 Å². The number of aromatic nitrogens is 3. The number of nitrogens with zero attached hydrogens (tertiary/aromatic N) is 4. The second-order valence-corrected chi connectivity index (χ2v) is 5.28. The molecule has 6 heteroatoms. The molecule has 0 aliphatic rings. The van der Waals surface area contributed by atoms with Gasteiger partial charge < -0.3 is 9.32 Å². The quantitative estimate of drug-likeness (QED) is 0.653. The van der Waals surface area contributed by atoms with E-state index in [2.05, 4.69) is 29.1 Å². The Hall–Kier alpha value is -2.21. The average Bonchev–Trinajstić information content (AvgIpc) is 2.97. The Balaban J connectivity index is 1.95. The molecule has 3 rings (SSSR count). The van der Waals surface area contributed by atoms with Gasteiger partial charge in [-0.15, -0.1) is 5.10 Å². The lowest BCUT2D eigenvalue weighted by molar-refractivity contribution is 0.291. The first-order valence-corrected chi connectivity index (χ1v) is 7.72. The van der Waals surface area contributed by atoms with E-state index in [1.54, 1.807) is 6.07 Å². The molecule has 0 spiro atoms. The average molecular weight is 300 g/mol. The molecule has 0 aliphatic heterocycles. The second kappa shape index (κ2) is 6.27. The fraction of sp³-hybridized carbons (Fsp3) is 0.438. The topological polar surface area (TPSA) is 64.2 Å². The fourth-order valence-electron chi connectivity index (χ4n) is 2.76. The van der Waals surface area contributed by atoms with E-state index in [9.17, 15) is 4.79 Å². The molecule has 2 heterocycles. The van der Waals surface area contributed by atoms with Crippen LogP contribution in [0.1, 0.15) is 20.3 Å². The third kappa shape index (κ3) is 2.62. The van der Waals surface area contributed by atoms with Crippen LogP contribution >= 0.6 is 0 Å². The summed E-state index contributed by atoms with van der Waals surface area (Å²) in [5.41, 5.74) is 1.23. The molecule has 0 atom stereocenters. The summed E-state index contributed by atoms with van der Waals surface area (Å²) >= 11 is 0. The number of hydrogen-bond donors (Lipinski definition) is 0. The Kier molecular flexibility index (Phi) is 4.20. The summed E-state index contributed by atoms with van der Waals surface area (Å²) in [4.78, 5) is 14.4. The largest absolute Gasteiger partial charge is 0.421 e.